The normalized spacial score (nSPS) is 13.9. The van der Waals surface area contributed by atoms with E-state index in [1.54, 1.807) is 0 Å². The number of aliphatic hydroxyl groups excluding tert-OH is 1. The van der Waals surface area contributed by atoms with Crippen molar-refractivity contribution in [2.75, 3.05) is 14.2 Å². The summed E-state index contributed by atoms with van der Waals surface area (Å²) in [4.78, 5) is 0. The summed E-state index contributed by atoms with van der Waals surface area (Å²) in [5, 5.41) is 9.68. The van der Waals surface area contributed by atoms with E-state index in [-0.39, 0.29) is 5.56 Å². The Labute approximate surface area is 87.2 Å². The van der Waals surface area contributed by atoms with Crippen LogP contribution < -0.4 is 0 Å². The molecular formula is C9H12FO4P. The topological polar surface area (TPSA) is 55.8 Å². The molecule has 0 aliphatic heterocycles. The number of rotatable bonds is 4. The summed E-state index contributed by atoms with van der Waals surface area (Å²) in [5.41, 5.74) is 0.155. The smallest absolute Gasteiger partial charge is 0.362 e. The van der Waals surface area contributed by atoms with Gasteiger partial charge in [0.15, 0.2) is 5.85 Å². The van der Waals surface area contributed by atoms with Gasteiger partial charge in [-0.1, -0.05) is 12.1 Å². The third-order valence-electron chi connectivity index (χ3n) is 1.96. The highest BCUT2D eigenvalue weighted by Gasteiger charge is 2.33. The van der Waals surface area contributed by atoms with Gasteiger partial charge in [-0.25, -0.2) is 4.39 Å². The molecule has 0 radical (unpaired) electrons. The lowest BCUT2D eigenvalue weighted by atomic mass is 10.2. The first-order valence-electron chi connectivity index (χ1n) is 4.18. The molecule has 0 fully saturated rings. The Morgan fingerprint density at radius 2 is 2.00 bits per heavy atom. The van der Waals surface area contributed by atoms with Crippen molar-refractivity contribution in [2.24, 2.45) is 0 Å². The minimum atomic E-state index is -3.63. The minimum Gasteiger partial charge on any atom is -0.376 e. The van der Waals surface area contributed by atoms with Crippen LogP contribution in [0.4, 0.5) is 4.39 Å². The lowest BCUT2D eigenvalue weighted by Crippen LogP contribution is -2.02. The second-order valence-electron chi connectivity index (χ2n) is 2.83. The van der Waals surface area contributed by atoms with Crippen LogP contribution in [-0.4, -0.2) is 19.3 Å². The van der Waals surface area contributed by atoms with Crippen molar-refractivity contribution in [3.05, 3.63) is 35.6 Å². The van der Waals surface area contributed by atoms with Crippen LogP contribution in [0, 0.1) is 5.82 Å². The van der Waals surface area contributed by atoms with Crippen molar-refractivity contribution in [3.8, 4) is 0 Å². The molecule has 0 aliphatic carbocycles. The monoisotopic (exact) mass is 234 g/mol. The molecule has 0 saturated carbocycles. The Hall–Kier alpha value is -0.740. The summed E-state index contributed by atoms with van der Waals surface area (Å²) >= 11 is 0. The molecule has 0 aliphatic rings. The van der Waals surface area contributed by atoms with Crippen molar-refractivity contribution in [2.45, 2.75) is 5.85 Å². The van der Waals surface area contributed by atoms with E-state index in [0.717, 1.165) is 20.3 Å². The van der Waals surface area contributed by atoms with E-state index < -0.39 is 19.3 Å². The highest BCUT2D eigenvalue weighted by molar-refractivity contribution is 7.53. The predicted molar refractivity (Wildman–Crippen MR) is 53.0 cm³/mol. The molecule has 1 aromatic rings. The molecule has 1 N–H and O–H groups in total. The Balaban J connectivity index is 3.03. The largest absolute Gasteiger partial charge is 0.376 e. The average Bonchev–Trinajstić information content (AvgIpc) is 2.27. The molecule has 0 spiro atoms. The minimum absolute atomic E-state index is 0.155. The molecule has 0 unspecified atom stereocenters. The zero-order valence-electron chi connectivity index (χ0n) is 8.38. The number of hydrogen-bond acceptors (Lipinski definition) is 4. The Kier molecular flexibility index (Phi) is 3.99. The summed E-state index contributed by atoms with van der Waals surface area (Å²) in [6, 6.07) is 5.15. The first-order valence-corrected chi connectivity index (χ1v) is 5.79. The standard InChI is InChI=1S/C9H12FO4P/c1-13-15(12,14-2)9(11)7-4-3-5-8(10)6-7/h3-6,9,11H,1-2H3/t9-/m0/s1. The first kappa shape index (κ1) is 12.3. The van der Waals surface area contributed by atoms with E-state index in [1.807, 2.05) is 0 Å². The third-order valence-corrected chi connectivity index (χ3v) is 3.87. The van der Waals surface area contributed by atoms with Gasteiger partial charge in [-0.2, -0.15) is 0 Å². The maximum absolute atomic E-state index is 12.8. The van der Waals surface area contributed by atoms with Gasteiger partial charge in [-0.05, 0) is 17.7 Å². The van der Waals surface area contributed by atoms with Gasteiger partial charge in [0, 0.05) is 14.2 Å². The second-order valence-corrected chi connectivity index (χ2v) is 5.13. The second kappa shape index (κ2) is 4.86. The van der Waals surface area contributed by atoms with Crippen LogP contribution in [0.1, 0.15) is 11.4 Å². The van der Waals surface area contributed by atoms with Crippen LogP contribution in [0.3, 0.4) is 0 Å². The molecule has 0 bridgehead atoms. The summed E-state index contributed by atoms with van der Waals surface area (Å²) in [5.74, 6) is -2.01. The molecule has 0 heterocycles. The van der Waals surface area contributed by atoms with Gasteiger partial charge < -0.3 is 14.2 Å². The zero-order chi connectivity index (χ0) is 11.5. The predicted octanol–water partition coefficient (Wildman–Crippen LogP) is 2.30. The third kappa shape index (κ3) is 2.63. The van der Waals surface area contributed by atoms with Crippen molar-refractivity contribution in [3.63, 3.8) is 0 Å². The number of hydrogen-bond donors (Lipinski definition) is 1. The lowest BCUT2D eigenvalue weighted by Gasteiger charge is -2.19. The van der Waals surface area contributed by atoms with E-state index in [1.165, 1.54) is 18.2 Å². The summed E-state index contributed by atoms with van der Waals surface area (Å²) < 4.78 is 33.8. The van der Waals surface area contributed by atoms with Crippen molar-refractivity contribution < 1.29 is 23.1 Å². The van der Waals surface area contributed by atoms with Crippen molar-refractivity contribution in [1.29, 1.82) is 0 Å². The van der Waals surface area contributed by atoms with Gasteiger partial charge in [0.25, 0.3) is 0 Å². The Bertz CT molecular complexity index is 374. The molecule has 6 heteroatoms. The highest BCUT2D eigenvalue weighted by atomic mass is 31.2. The molecule has 1 rings (SSSR count). The molecule has 0 amide bonds. The lowest BCUT2D eigenvalue weighted by molar-refractivity contribution is 0.176. The maximum atomic E-state index is 12.8. The van der Waals surface area contributed by atoms with Gasteiger partial charge >= 0.3 is 7.60 Å². The van der Waals surface area contributed by atoms with Crippen LogP contribution in [0.15, 0.2) is 24.3 Å². The number of benzene rings is 1. The van der Waals surface area contributed by atoms with E-state index in [2.05, 4.69) is 9.05 Å². The number of halogens is 1. The SMILES string of the molecule is COP(=O)(OC)[C@H](O)c1cccc(F)c1. The molecule has 1 aromatic carbocycles. The van der Waals surface area contributed by atoms with E-state index in [4.69, 9.17) is 0 Å². The van der Waals surface area contributed by atoms with Crippen LogP contribution in [0.2, 0.25) is 0 Å². The molecule has 15 heavy (non-hydrogen) atoms. The Morgan fingerprint density at radius 3 is 2.47 bits per heavy atom. The van der Waals surface area contributed by atoms with Gasteiger partial charge in [0.1, 0.15) is 5.82 Å². The molecule has 0 aromatic heterocycles. The van der Waals surface area contributed by atoms with Crippen LogP contribution in [-0.2, 0) is 13.6 Å². The Morgan fingerprint density at radius 1 is 1.40 bits per heavy atom. The summed E-state index contributed by atoms with van der Waals surface area (Å²) in [6.07, 6.45) is 0. The molecule has 0 saturated heterocycles. The van der Waals surface area contributed by atoms with Gasteiger partial charge in [-0.15, -0.1) is 0 Å². The highest BCUT2D eigenvalue weighted by Crippen LogP contribution is 2.58. The first-order chi connectivity index (χ1) is 7.03. The van der Waals surface area contributed by atoms with Crippen molar-refractivity contribution in [1.82, 2.24) is 0 Å². The van der Waals surface area contributed by atoms with Gasteiger partial charge in [-0.3, -0.25) is 4.57 Å². The van der Waals surface area contributed by atoms with Crippen LogP contribution >= 0.6 is 7.60 Å². The quantitative estimate of drug-likeness (QED) is 0.812. The van der Waals surface area contributed by atoms with Gasteiger partial charge in [0.05, 0.1) is 0 Å². The van der Waals surface area contributed by atoms with Gasteiger partial charge in [0.2, 0.25) is 0 Å². The molecule has 4 nitrogen and oxygen atoms in total. The fraction of sp³-hybridized carbons (Fsp3) is 0.333. The maximum Gasteiger partial charge on any atom is 0.362 e. The fourth-order valence-corrected chi connectivity index (χ4v) is 2.20. The van der Waals surface area contributed by atoms with Crippen LogP contribution in [0.5, 0.6) is 0 Å². The number of aliphatic hydroxyl groups is 1. The molecule has 84 valence electrons. The summed E-state index contributed by atoms with van der Waals surface area (Å²) in [7, 11) is -1.31. The fourth-order valence-electron chi connectivity index (χ4n) is 1.12. The van der Waals surface area contributed by atoms with E-state index in [9.17, 15) is 14.1 Å². The van der Waals surface area contributed by atoms with E-state index >= 15 is 0 Å². The molecular weight excluding hydrogens is 222 g/mol. The average molecular weight is 234 g/mol. The summed E-state index contributed by atoms with van der Waals surface area (Å²) in [6.45, 7) is 0. The van der Waals surface area contributed by atoms with Crippen LogP contribution in [0.25, 0.3) is 0 Å². The van der Waals surface area contributed by atoms with Crippen molar-refractivity contribution >= 4 is 7.60 Å². The van der Waals surface area contributed by atoms with E-state index in [0.29, 0.717) is 0 Å². The zero-order valence-corrected chi connectivity index (χ0v) is 9.28. The molecule has 1 atom stereocenters.